The lowest BCUT2D eigenvalue weighted by molar-refractivity contribution is 0.0857. The molecule has 0 aliphatic rings. The predicted molar refractivity (Wildman–Crippen MR) is 67.4 cm³/mol. The average molecular weight is 257 g/mol. The Kier molecular flexibility index (Phi) is 3.96. The molecule has 2 N–H and O–H groups in total. The lowest BCUT2D eigenvalue weighted by atomic mass is 10.1. The number of nitrogens with one attached hydrogen (secondary N) is 1. The van der Waals surface area contributed by atoms with E-state index in [1.807, 2.05) is 13.0 Å². The third-order valence-corrected chi connectivity index (χ3v) is 3.88. The third kappa shape index (κ3) is 4.11. The molecule has 0 amide bonds. The van der Waals surface area contributed by atoms with E-state index in [9.17, 15) is 13.5 Å². The second-order valence-electron chi connectivity index (χ2n) is 4.91. The van der Waals surface area contributed by atoms with Gasteiger partial charge in [-0.25, -0.2) is 13.1 Å². The molecule has 4 nitrogen and oxygen atoms in total. The molecule has 0 saturated heterocycles. The summed E-state index contributed by atoms with van der Waals surface area (Å²) in [6, 6.07) is 5.15. The average Bonchev–Trinajstić information content (AvgIpc) is 2.13. The van der Waals surface area contributed by atoms with Crippen molar-refractivity contribution in [2.45, 2.75) is 38.2 Å². The van der Waals surface area contributed by atoms with Gasteiger partial charge in [0.2, 0.25) is 10.0 Å². The van der Waals surface area contributed by atoms with Crippen molar-refractivity contribution in [2.24, 2.45) is 0 Å². The zero-order valence-corrected chi connectivity index (χ0v) is 11.4. The van der Waals surface area contributed by atoms with Crippen molar-refractivity contribution in [2.75, 3.05) is 6.54 Å². The molecule has 0 aliphatic carbocycles. The molecule has 1 aromatic rings. The summed E-state index contributed by atoms with van der Waals surface area (Å²) in [5.74, 6) is 0. The number of aliphatic hydroxyl groups is 1. The second kappa shape index (κ2) is 4.76. The standard InChI is InChI=1S/C12H19NO3S/c1-9-5-6-11(10(2)7-9)17(15,16)13-8-12(3,4)14/h5-7,13-14H,8H2,1-4H3. The fourth-order valence-electron chi connectivity index (χ4n) is 1.45. The highest BCUT2D eigenvalue weighted by Crippen LogP contribution is 2.16. The Morgan fingerprint density at radius 3 is 2.35 bits per heavy atom. The summed E-state index contributed by atoms with van der Waals surface area (Å²) < 4.78 is 26.4. The van der Waals surface area contributed by atoms with E-state index in [-0.39, 0.29) is 11.4 Å². The van der Waals surface area contributed by atoms with Crippen molar-refractivity contribution in [3.8, 4) is 0 Å². The zero-order chi connectivity index (χ0) is 13.3. The zero-order valence-electron chi connectivity index (χ0n) is 10.6. The number of aryl methyl sites for hydroxylation is 2. The Morgan fingerprint density at radius 1 is 1.29 bits per heavy atom. The summed E-state index contributed by atoms with van der Waals surface area (Å²) in [4.78, 5) is 0.257. The van der Waals surface area contributed by atoms with E-state index in [0.717, 1.165) is 5.56 Å². The molecule has 5 heteroatoms. The van der Waals surface area contributed by atoms with E-state index in [1.165, 1.54) is 0 Å². The first-order valence-corrected chi connectivity index (χ1v) is 6.89. The van der Waals surface area contributed by atoms with Crippen LogP contribution in [0.25, 0.3) is 0 Å². The van der Waals surface area contributed by atoms with Gasteiger partial charge in [-0.05, 0) is 39.3 Å². The van der Waals surface area contributed by atoms with Gasteiger partial charge in [0.05, 0.1) is 10.5 Å². The van der Waals surface area contributed by atoms with Gasteiger partial charge >= 0.3 is 0 Å². The quantitative estimate of drug-likeness (QED) is 0.855. The summed E-state index contributed by atoms with van der Waals surface area (Å²) >= 11 is 0. The molecule has 0 atom stereocenters. The number of hydrogen-bond acceptors (Lipinski definition) is 3. The van der Waals surface area contributed by atoms with Gasteiger partial charge in [-0.2, -0.15) is 0 Å². The van der Waals surface area contributed by atoms with Crippen LogP contribution in [-0.2, 0) is 10.0 Å². The maximum Gasteiger partial charge on any atom is 0.240 e. The minimum atomic E-state index is -3.55. The van der Waals surface area contributed by atoms with Crippen LogP contribution in [0.1, 0.15) is 25.0 Å². The van der Waals surface area contributed by atoms with Crippen LogP contribution < -0.4 is 4.72 Å². The van der Waals surface area contributed by atoms with Gasteiger partial charge in [-0.3, -0.25) is 0 Å². The summed E-state index contributed by atoms with van der Waals surface area (Å²) in [5.41, 5.74) is 0.656. The highest BCUT2D eigenvalue weighted by atomic mass is 32.2. The number of sulfonamides is 1. The minimum absolute atomic E-state index is 0.0113. The Labute approximate surface area is 103 Å². The molecule has 0 unspecified atom stereocenters. The van der Waals surface area contributed by atoms with Gasteiger partial charge < -0.3 is 5.11 Å². The van der Waals surface area contributed by atoms with Crippen molar-refractivity contribution in [3.63, 3.8) is 0 Å². The van der Waals surface area contributed by atoms with E-state index in [1.54, 1.807) is 32.9 Å². The maximum absolute atomic E-state index is 12.0. The van der Waals surface area contributed by atoms with Gasteiger partial charge in [-0.15, -0.1) is 0 Å². The first-order chi connectivity index (χ1) is 7.62. The van der Waals surface area contributed by atoms with Crippen LogP contribution in [0.15, 0.2) is 23.1 Å². The molecule has 0 fully saturated rings. The van der Waals surface area contributed by atoms with Crippen LogP contribution in [0, 0.1) is 13.8 Å². The van der Waals surface area contributed by atoms with Gasteiger partial charge in [0.25, 0.3) is 0 Å². The number of benzene rings is 1. The Bertz CT molecular complexity index is 501. The minimum Gasteiger partial charge on any atom is -0.389 e. The summed E-state index contributed by atoms with van der Waals surface area (Å²) in [7, 11) is -3.55. The van der Waals surface area contributed by atoms with Crippen molar-refractivity contribution in [1.82, 2.24) is 4.72 Å². The number of hydrogen-bond donors (Lipinski definition) is 2. The molecule has 0 aromatic heterocycles. The highest BCUT2D eigenvalue weighted by molar-refractivity contribution is 7.89. The Morgan fingerprint density at radius 2 is 1.88 bits per heavy atom. The van der Waals surface area contributed by atoms with E-state index >= 15 is 0 Å². The molecule has 17 heavy (non-hydrogen) atoms. The first kappa shape index (κ1) is 14.2. The van der Waals surface area contributed by atoms with Crippen molar-refractivity contribution >= 4 is 10.0 Å². The topological polar surface area (TPSA) is 66.4 Å². The second-order valence-corrected chi connectivity index (χ2v) is 6.64. The fraction of sp³-hybridized carbons (Fsp3) is 0.500. The molecule has 0 aliphatic heterocycles. The lowest BCUT2D eigenvalue weighted by Crippen LogP contribution is -2.38. The summed E-state index contributed by atoms with van der Waals surface area (Å²) in [6.07, 6.45) is 0. The Hall–Kier alpha value is -0.910. The van der Waals surface area contributed by atoms with Gasteiger partial charge in [0.1, 0.15) is 0 Å². The van der Waals surface area contributed by atoms with Crippen LogP contribution in [0.5, 0.6) is 0 Å². The van der Waals surface area contributed by atoms with Gasteiger partial charge in [0, 0.05) is 6.54 Å². The van der Waals surface area contributed by atoms with E-state index in [2.05, 4.69) is 4.72 Å². The third-order valence-electron chi connectivity index (χ3n) is 2.31. The molecular weight excluding hydrogens is 238 g/mol. The van der Waals surface area contributed by atoms with Crippen LogP contribution in [-0.4, -0.2) is 25.7 Å². The summed E-state index contributed by atoms with van der Waals surface area (Å²) in [6.45, 7) is 6.76. The predicted octanol–water partition coefficient (Wildman–Crippen LogP) is 1.35. The molecule has 96 valence electrons. The maximum atomic E-state index is 12.0. The lowest BCUT2D eigenvalue weighted by Gasteiger charge is -2.18. The van der Waals surface area contributed by atoms with E-state index < -0.39 is 15.6 Å². The molecular formula is C12H19NO3S. The smallest absolute Gasteiger partial charge is 0.240 e. The summed E-state index contributed by atoms with van der Waals surface area (Å²) in [5, 5.41) is 9.51. The molecule has 0 radical (unpaired) electrons. The first-order valence-electron chi connectivity index (χ1n) is 5.41. The van der Waals surface area contributed by atoms with Crippen molar-refractivity contribution in [1.29, 1.82) is 0 Å². The van der Waals surface area contributed by atoms with Crippen molar-refractivity contribution < 1.29 is 13.5 Å². The SMILES string of the molecule is Cc1ccc(S(=O)(=O)NCC(C)(C)O)c(C)c1. The largest absolute Gasteiger partial charge is 0.389 e. The van der Waals surface area contributed by atoms with Crippen LogP contribution in [0.2, 0.25) is 0 Å². The highest BCUT2D eigenvalue weighted by Gasteiger charge is 2.20. The molecule has 0 saturated carbocycles. The van der Waals surface area contributed by atoms with Crippen molar-refractivity contribution in [3.05, 3.63) is 29.3 Å². The normalized spacial score (nSPS) is 12.8. The van der Waals surface area contributed by atoms with Crippen LogP contribution >= 0.6 is 0 Å². The molecule has 0 spiro atoms. The molecule has 1 aromatic carbocycles. The Balaban J connectivity index is 2.98. The van der Waals surface area contributed by atoms with E-state index in [0.29, 0.717) is 5.56 Å². The monoisotopic (exact) mass is 257 g/mol. The molecule has 1 rings (SSSR count). The van der Waals surface area contributed by atoms with Gasteiger partial charge in [-0.1, -0.05) is 17.7 Å². The van der Waals surface area contributed by atoms with E-state index in [4.69, 9.17) is 0 Å². The van der Waals surface area contributed by atoms with Gasteiger partial charge in [0.15, 0.2) is 0 Å². The molecule has 0 heterocycles. The van der Waals surface area contributed by atoms with Crippen LogP contribution in [0.4, 0.5) is 0 Å². The number of rotatable bonds is 4. The molecule has 0 bridgehead atoms. The fourth-order valence-corrected chi connectivity index (χ4v) is 2.88. The van der Waals surface area contributed by atoms with Crippen LogP contribution in [0.3, 0.4) is 0 Å².